The van der Waals surface area contributed by atoms with Gasteiger partial charge < -0.3 is 10.8 Å². The Bertz CT molecular complexity index is 135. The molecule has 0 aromatic carbocycles. The lowest BCUT2D eigenvalue weighted by Gasteiger charge is -2.14. The van der Waals surface area contributed by atoms with Crippen molar-refractivity contribution in [1.82, 2.24) is 4.90 Å². The van der Waals surface area contributed by atoms with Crippen LogP contribution in [0.3, 0.4) is 0 Å². The Kier molecular flexibility index (Phi) is 19.5. The van der Waals surface area contributed by atoms with Crippen LogP contribution in [0.1, 0.15) is 27.7 Å². The lowest BCUT2D eigenvalue weighted by Crippen LogP contribution is -2.37. The lowest BCUT2D eigenvalue weighted by molar-refractivity contribution is -0.141. The molecule has 0 heterocycles. The van der Waals surface area contributed by atoms with E-state index < -0.39 is 0 Å². The lowest BCUT2D eigenvalue weighted by atomic mass is 10.4. The van der Waals surface area contributed by atoms with Gasteiger partial charge in [-0.1, -0.05) is 13.8 Å². The van der Waals surface area contributed by atoms with Crippen LogP contribution in [0.15, 0.2) is 0 Å². The van der Waals surface area contributed by atoms with Crippen LogP contribution in [0, 0.1) is 0 Å². The fourth-order valence-corrected chi connectivity index (χ4v) is 0.666. The molecule has 0 aliphatic rings. The molecule has 0 aliphatic carbocycles. The number of rotatable bonds is 2. The first-order valence-electron chi connectivity index (χ1n) is 4.53. The summed E-state index contributed by atoms with van der Waals surface area (Å²) < 4.78 is 0. The summed E-state index contributed by atoms with van der Waals surface area (Å²) >= 11 is 0. The van der Waals surface area contributed by atoms with Crippen LogP contribution in [0.25, 0.3) is 0 Å². The number of nitrogens with two attached hydrogens (primary N) is 1. The molecule has 0 bridgehead atoms. The number of hydrogen-bond acceptors (Lipinski definition) is 4. The summed E-state index contributed by atoms with van der Waals surface area (Å²) in [4.78, 5) is 22.4. The van der Waals surface area contributed by atoms with Gasteiger partial charge in [0.2, 0.25) is 11.8 Å². The standard InChI is InChI=1S/C6H12N2O2.C2H6.CH4O/c1-5(9)8(4-3-7)6(2)10;2*1-2/h3-4,7H2,1-2H3;1-2H3;2H,1H3. The minimum absolute atomic E-state index is 0.252. The highest BCUT2D eigenvalue weighted by molar-refractivity contribution is 5.92. The maximum atomic E-state index is 10.6. The van der Waals surface area contributed by atoms with Gasteiger partial charge in [-0.05, 0) is 0 Å². The average molecular weight is 206 g/mol. The molecule has 14 heavy (non-hydrogen) atoms. The number of nitrogens with zero attached hydrogens (tertiary/aromatic N) is 1. The first-order chi connectivity index (χ1) is 6.59. The Morgan fingerprint density at radius 3 is 1.50 bits per heavy atom. The quantitative estimate of drug-likeness (QED) is 0.665. The van der Waals surface area contributed by atoms with Crippen LogP contribution in [0.5, 0.6) is 0 Å². The van der Waals surface area contributed by atoms with E-state index in [-0.39, 0.29) is 11.8 Å². The molecule has 0 aliphatic heterocycles. The van der Waals surface area contributed by atoms with E-state index in [1.807, 2.05) is 13.8 Å². The van der Waals surface area contributed by atoms with Gasteiger partial charge in [0, 0.05) is 34.0 Å². The number of hydrogen-bond donors (Lipinski definition) is 2. The van der Waals surface area contributed by atoms with Gasteiger partial charge in [-0.3, -0.25) is 14.5 Å². The number of imide groups is 1. The van der Waals surface area contributed by atoms with Gasteiger partial charge in [-0.25, -0.2) is 0 Å². The van der Waals surface area contributed by atoms with Crippen molar-refractivity contribution in [2.45, 2.75) is 27.7 Å². The van der Waals surface area contributed by atoms with E-state index in [4.69, 9.17) is 10.8 Å². The fourth-order valence-electron chi connectivity index (χ4n) is 0.666. The molecule has 0 saturated carbocycles. The second-order valence-corrected chi connectivity index (χ2v) is 1.98. The maximum Gasteiger partial charge on any atom is 0.226 e. The van der Waals surface area contributed by atoms with Crippen LogP contribution in [-0.2, 0) is 9.59 Å². The molecule has 0 spiro atoms. The van der Waals surface area contributed by atoms with Crippen LogP contribution >= 0.6 is 0 Å². The van der Waals surface area contributed by atoms with Gasteiger partial charge in [-0.15, -0.1) is 0 Å². The zero-order valence-electron chi connectivity index (χ0n) is 9.70. The Morgan fingerprint density at radius 2 is 1.43 bits per heavy atom. The second kappa shape index (κ2) is 14.6. The maximum absolute atomic E-state index is 10.6. The summed E-state index contributed by atoms with van der Waals surface area (Å²) in [5.41, 5.74) is 5.16. The summed E-state index contributed by atoms with van der Waals surface area (Å²) in [5, 5.41) is 7.00. The molecule has 0 rings (SSSR count). The van der Waals surface area contributed by atoms with E-state index in [9.17, 15) is 9.59 Å². The number of carbonyl (C=O) groups is 2. The summed E-state index contributed by atoms with van der Waals surface area (Å²) in [5.74, 6) is -0.504. The molecule has 5 heteroatoms. The normalized spacial score (nSPS) is 7.36. The Morgan fingerprint density at radius 1 is 1.14 bits per heavy atom. The van der Waals surface area contributed by atoms with E-state index in [0.29, 0.717) is 13.1 Å². The SMILES string of the molecule is CC.CC(=O)N(CCN)C(C)=O.CO. The summed E-state index contributed by atoms with van der Waals surface area (Å²) in [6, 6.07) is 0. The van der Waals surface area contributed by atoms with Crippen LogP contribution < -0.4 is 5.73 Å². The number of aliphatic hydroxyl groups excluding tert-OH is 1. The summed E-state index contributed by atoms with van der Waals surface area (Å²) in [7, 11) is 1.00. The number of amides is 2. The van der Waals surface area contributed by atoms with Crippen molar-refractivity contribution in [2.24, 2.45) is 5.73 Å². The zero-order valence-corrected chi connectivity index (χ0v) is 9.70. The smallest absolute Gasteiger partial charge is 0.226 e. The van der Waals surface area contributed by atoms with Gasteiger partial charge in [0.25, 0.3) is 0 Å². The van der Waals surface area contributed by atoms with Crippen LogP contribution in [-0.4, -0.2) is 42.0 Å². The molecule has 0 radical (unpaired) electrons. The van der Waals surface area contributed by atoms with E-state index in [1.165, 1.54) is 13.8 Å². The van der Waals surface area contributed by atoms with Crippen molar-refractivity contribution in [3.05, 3.63) is 0 Å². The van der Waals surface area contributed by atoms with E-state index in [2.05, 4.69) is 0 Å². The first-order valence-corrected chi connectivity index (χ1v) is 4.53. The summed E-state index contributed by atoms with van der Waals surface area (Å²) in [6.07, 6.45) is 0. The molecule has 5 nitrogen and oxygen atoms in total. The van der Waals surface area contributed by atoms with Gasteiger partial charge in [0.1, 0.15) is 0 Å². The van der Waals surface area contributed by atoms with Gasteiger partial charge >= 0.3 is 0 Å². The van der Waals surface area contributed by atoms with Crippen molar-refractivity contribution >= 4 is 11.8 Å². The molecule has 0 fully saturated rings. The topological polar surface area (TPSA) is 83.6 Å². The molecule has 0 atom stereocenters. The van der Waals surface area contributed by atoms with Crippen molar-refractivity contribution in [2.75, 3.05) is 20.2 Å². The third kappa shape index (κ3) is 11.1. The molecule has 0 aromatic rings. The Balaban J connectivity index is -0.000000266. The zero-order chi connectivity index (χ0) is 12.1. The average Bonchev–Trinajstić information content (AvgIpc) is 2.19. The van der Waals surface area contributed by atoms with Crippen molar-refractivity contribution in [3.8, 4) is 0 Å². The molecule has 0 unspecified atom stereocenters. The largest absolute Gasteiger partial charge is 0.400 e. The van der Waals surface area contributed by atoms with Crippen molar-refractivity contribution in [3.63, 3.8) is 0 Å². The first kappa shape index (κ1) is 18.8. The molecule has 0 saturated heterocycles. The molecular formula is C9H22N2O3. The Labute approximate surface area is 85.9 Å². The van der Waals surface area contributed by atoms with Crippen LogP contribution in [0.2, 0.25) is 0 Å². The third-order valence-electron chi connectivity index (χ3n) is 1.11. The van der Waals surface area contributed by atoms with E-state index in [0.717, 1.165) is 12.0 Å². The third-order valence-corrected chi connectivity index (χ3v) is 1.11. The molecular weight excluding hydrogens is 184 g/mol. The van der Waals surface area contributed by atoms with Crippen molar-refractivity contribution in [1.29, 1.82) is 0 Å². The predicted octanol–water partition coefficient (Wildman–Crippen LogP) is -0.0252. The number of carbonyl (C=O) groups excluding carboxylic acids is 2. The number of aliphatic hydroxyl groups is 1. The molecule has 0 aromatic heterocycles. The van der Waals surface area contributed by atoms with Gasteiger partial charge in [-0.2, -0.15) is 0 Å². The van der Waals surface area contributed by atoms with Gasteiger partial charge in [0.15, 0.2) is 0 Å². The highest BCUT2D eigenvalue weighted by atomic mass is 16.2. The highest BCUT2D eigenvalue weighted by Crippen LogP contribution is 1.87. The van der Waals surface area contributed by atoms with E-state index in [1.54, 1.807) is 0 Å². The molecule has 86 valence electrons. The minimum atomic E-state index is -0.252. The predicted molar refractivity (Wildman–Crippen MR) is 56.6 cm³/mol. The Hall–Kier alpha value is -0.940. The molecule has 3 N–H and O–H groups in total. The van der Waals surface area contributed by atoms with Gasteiger partial charge in [0.05, 0.1) is 0 Å². The second-order valence-electron chi connectivity index (χ2n) is 1.98. The summed E-state index contributed by atoms with van der Waals surface area (Å²) in [6.45, 7) is 7.32. The van der Waals surface area contributed by atoms with Crippen molar-refractivity contribution < 1.29 is 14.7 Å². The van der Waals surface area contributed by atoms with E-state index >= 15 is 0 Å². The fraction of sp³-hybridized carbons (Fsp3) is 0.778. The minimum Gasteiger partial charge on any atom is -0.400 e. The van der Waals surface area contributed by atoms with Crippen LogP contribution in [0.4, 0.5) is 0 Å². The monoisotopic (exact) mass is 206 g/mol. The molecule has 2 amide bonds. The highest BCUT2D eigenvalue weighted by Gasteiger charge is 2.10.